The highest BCUT2D eigenvalue weighted by atomic mass is 32.2. The van der Waals surface area contributed by atoms with Crippen LogP contribution in [0.5, 0.6) is 0 Å². The number of nitrogens with zero attached hydrogens (tertiary/aromatic N) is 3. The molecule has 8 nitrogen and oxygen atoms in total. The number of anilines is 2. The molecule has 0 aromatic heterocycles. The highest BCUT2D eigenvalue weighted by Gasteiger charge is 2.32. The molecule has 4 rings (SSSR count). The van der Waals surface area contributed by atoms with Crippen LogP contribution in [0.3, 0.4) is 0 Å². The van der Waals surface area contributed by atoms with E-state index in [1.54, 1.807) is 11.0 Å². The summed E-state index contributed by atoms with van der Waals surface area (Å²) in [4.78, 5) is 29.1. The van der Waals surface area contributed by atoms with Crippen molar-refractivity contribution in [1.29, 1.82) is 0 Å². The summed E-state index contributed by atoms with van der Waals surface area (Å²) in [5.41, 5.74) is 2.09. The Morgan fingerprint density at radius 3 is 2.38 bits per heavy atom. The van der Waals surface area contributed by atoms with E-state index in [9.17, 15) is 18.0 Å². The third-order valence-electron chi connectivity index (χ3n) is 5.90. The van der Waals surface area contributed by atoms with E-state index < -0.39 is 10.0 Å². The van der Waals surface area contributed by atoms with Gasteiger partial charge in [-0.2, -0.15) is 4.31 Å². The van der Waals surface area contributed by atoms with Crippen molar-refractivity contribution in [1.82, 2.24) is 9.21 Å². The quantitative estimate of drug-likeness (QED) is 0.742. The van der Waals surface area contributed by atoms with Gasteiger partial charge in [-0.25, -0.2) is 8.42 Å². The highest BCUT2D eigenvalue weighted by molar-refractivity contribution is 7.88. The normalized spacial score (nSPS) is 20.3. The highest BCUT2D eigenvalue weighted by Crippen LogP contribution is 2.31. The molecule has 0 radical (unpaired) electrons. The minimum atomic E-state index is -3.40. The molecule has 2 aliphatic heterocycles. The Bertz CT molecular complexity index is 1080. The van der Waals surface area contributed by atoms with Gasteiger partial charge in [0.25, 0.3) is 0 Å². The van der Waals surface area contributed by atoms with Crippen LogP contribution >= 0.6 is 0 Å². The van der Waals surface area contributed by atoms with E-state index in [2.05, 4.69) is 5.32 Å². The van der Waals surface area contributed by atoms with Gasteiger partial charge in [0.15, 0.2) is 0 Å². The molecule has 2 aromatic carbocycles. The number of benzene rings is 2. The maximum atomic E-state index is 13.2. The summed E-state index contributed by atoms with van der Waals surface area (Å²) in [5.74, 6) is -0.227. The van der Waals surface area contributed by atoms with Gasteiger partial charge in [-0.3, -0.25) is 14.5 Å². The lowest BCUT2D eigenvalue weighted by molar-refractivity contribution is -0.120. The average Bonchev–Trinajstić information content (AvgIpc) is 2.88. The molecule has 2 aromatic rings. The molecular formula is C23H28N4O4S. The van der Waals surface area contributed by atoms with Crippen molar-refractivity contribution in [3.8, 4) is 0 Å². The van der Waals surface area contributed by atoms with Crippen molar-refractivity contribution in [2.24, 2.45) is 0 Å². The summed E-state index contributed by atoms with van der Waals surface area (Å²) in [6, 6.07) is 16.2. The molecule has 0 spiro atoms. The number of hydrogen-bond acceptors (Lipinski definition) is 5. The fourth-order valence-corrected chi connectivity index (χ4v) is 5.79. The van der Waals surface area contributed by atoms with Crippen LogP contribution in [0.15, 0.2) is 54.6 Å². The van der Waals surface area contributed by atoms with Crippen LogP contribution in [0.4, 0.5) is 11.4 Å². The molecular weight excluding hydrogens is 428 g/mol. The largest absolute Gasteiger partial charge is 0.324 e. The van der Waals surface area contributed by atoms with Crippen molar-refractivity contribution in [3.05, 3.63) is 60.2 Å². The molecule has 32 heavy (non-hydrogen) atoms. The van der Waals surface area contributed by atoms with E-state index in [0.29, 0.717) is 37.6 Å². The molecule has 0 unspecified atom stereocenters. The van der Waals surface area contributed by atoms with Crippen LogP contribution in [-0.4, -0.2) is 68.2 Å². The molecule has 1 atom stereocenters. The second-order valence-corrected chi connectivity index (χ2v) is 10.3. The summed E-state index contributed by atoms with van der Waals surface area (Å²) in [5, 5.41) is 2.86. The number of rotatable bonds is 5. The molecule has 1 saturated heterocycles. The first-order valence-corrected chi connectivity index (χ1v) is 12.4. The number of para-hydroxylation sites is 2. The van der Waals surface area contributed by atoms with Gasteiger partial charge in [0.2, 0.25) is 21.8 Å². The van der Waals surface area contributed by atoms with Crippen LogP contribution in [0, 0.1) is 0 Å². The molecule has 9 heteroatoms. The number of sulfonamides is 1. The minimum Gasteiger partial charge on any atom is -0.324 e. The summed E-state index contributed by atoms with van der Waals surface area (Å²) in [6.07, 6.45) is 0.228. The molecule has 2 heterocycles. The van der Waals surface area contributed by atoms with Gasteiger partial charge in [0.1, 0.15) is 0 Å². The third kappa shape index (κ3) is 5.01. The standard InChI is InChI=1S/C23H28N4O4S/c1-18-15-22(28)24-20-9-5-6-10-21(20)27(18)23(29)16-25-11-13-26(14-12-25)32(30,31)17-19-7-3-2-4-8-19/h2-10,18H,11-17H2,1H3,(H,24,28)/t18-/m0/s1. The van der Waals surface area contributed by atoms with Crippen molar-refractivity contribution < 1.29 is 18.0 Å². The van der Waals surface area contributed by atoms with E-state index in [1.165, 1.54) is 4.31 Å². The van der Waals surface area contributed by atoms with Crippen LogP contribution in [0.25, 0.3) is 0 Å². The fourth-order valence-electron chi connectivity index (χ4n) is 4.28. The number of carbonyl (C=O) groups is 2. The molecule has 2 amide bonds. The minimum absolute atomic E-state index is 0.0180. The Morgan fingerprint density at radius 1 is 1.00 bits per heavy atom. The number of hydrogen-bond donors (Lipinski definition) is 1. The third-order valence-corrected chi connectivity index (χ3v) is 7.75. The van der Waals surface area contributed by atoms with Crippen LogP contribution in [-0.2, 0) is 25.4 Å². The number of amides is 2. The summed E-state index contributed by atoms with van der Waals surface area (Å²) in [7, 11) is -3.40. The molecule has 1 fully saturated rings. The van der Waals surface area contributed by atoms with Crippen LogP contribution in [0.1, 0.15) is 18.9 Å². The van der Waals surface area contributed by atoms with Gasteiger partial charge in [0.05, 0.1) is 23.7 Å². The zero-order chi connectivity index (χ0) is 22.7. The Balaban J connectivity index is 1.39. The van der Waals surface area contributed by atoms with Crippen molar-refractivity contribution in [2.75, 3.05) is 42.9 Å². The van der Waals surface area contributed by atoms with E-state index in [-0.39, 0.29) is 36.6 Å². The van der Waals surface area contributed by atoms with Gasteiger partial charge < -0.3 is 10.2 Å². The summed E-state index contributed by atoms with van der Waals surface area (Å²) < 4.78 is 27.1. The maximum Gasteiger partial charge on any atom is 0.241 e. The lowest BCUT2D eigenvalue weighted by Crippen LogP contribution is -2.52. The smallest absolute Gasteiger partial charge is 0.241 e. The van der Waals surface area contributed by atoms with Crippen molar-refractivity contribution in [2.45, 2.75) is 25.1 Å². The predicted octanol–water partition coefficient (Wildman–Crippen LogP) is 1.90. The van der Waals surface area contributed by atoms with Gasteiger partial charge in [0, 0.05) is 38.6 Å². The Hall–Kier alpha value is -2.75. The second-order valence-electron chi connectivity index (χ2n) is 8.30. The Morgan fingerprint density at radius 2 is 1.66 bits per heavy atom. The van der Waals surface area contributed by atoms with Crippen molar-refractivity contribution >= 4 is 33.2 Å². The average molecular weight is 457 g/mol. The van der Waals surface area contributed by atoms with Gasteiger partial charge in [-0.15, -0.1) is 0 Å². The lowest BCUT2D eigenvalue weighted by Gasteiger charge is -2.35. The van der Waals surface area contributed by atoms with Crippen LogP contribution in [0.2, 0.25) is 0 Å². The number of nitrogens with one attached hydrogen (secondary N) is 1. The SMILES string of the molecule is C[C@H]1CC(=O)Nc2ccccc2N1C(=O)CN1CCN(S(=O)(=O)Cc2ccccc2)CC1. The van der Waals surface area contributed by atoms with Gasteiger partial charge in [-0.05, 0) is 24.6 Å². The first-order valence-electron chi connectivity index (χ1n) is 10.8. The number of carbonyl (C=O) groups excluding carboxylic acids is 2. The van der Waals surface area contributed by atoms with Gasteiger partial charge in [-0.1, -0.05) is 42.5 Å². The Kier molecular flexibility index (Phi) is 6.59. The second kappa shape index (κ2) is 9.40. The van der Waals surface area contributed by atoms with E-state index >= 15 is 0 Å². The first-order chi connectivity index (χ1) is 15.3. The molecule has 0 saturated carbocycles. The Labute approximate surface area is 188 Å². The van der Waals surface area contributed by atoms with Crippen LogP contribution < -0.4 is 10.2 Å². The molecule has 0 bridgehead atoms. The molecule has 2 aliphatic rings. The predicted molar refractivity (Wildman–Crippen MR) is 124 cm³/mol. The maximum absolute atomic E-state index is 13.2. The lowest BCUT2D eigenvalue weighted by atomic mass is 10.1. The van der Waals surface area contributed by atoms with E-state index in [4.69, 9.17) is 0 Å². The zero-order valence-electron chi connectivity index (χ0n) is 18.1. The number of piperazine rings is 1. The van der Waals surface area contributed by atoms with E-state index in [1.807, 2.05) is 60.4 Å². The number of fused-ring (bicyclic) bond motifs is 1. The fraction of sp³-hybridized carbons (Fsp3) is 0.391. The van der Waals surface area contributed by atoms with Crippen molar-refractivity contribution in [3.63, 3.8) is 0 Å². The first kappa shape index (κ1) is 22.4. The topological polar surface area (TPSA) is 90.0 Å². The van der Waals surface area contributed by atoms with Gasteiger partial charge >= 0.3 is 0 Å². The monoisotopic (exact) mass is 456 g/mol. The summed E-state index contributed by atoms with van der Waals surface area (Å²) in [6.45, 7) is 3.73. The summed E-state index contributed by atoms with van der Waals surface area (Å²) >= 11 is 0. The molecule has 1 N–H and O–H groups in total. The zero-order valence-corrected chi connectivity index (χ0v) is 18.9. The molecule has 0 aliphatic carbocycles. The molecule has 170 valence electrons. The van der Waals surface area contributed by atoms with E-state index in [0.717, 1.165) is 5.56 Å².